The number of ether oxygens (including phenoxy) is 1. The minimum atomic E-state index is -1.12. The molecule has 1 amide bonds. The molecule has 4 rings (SSSR count). The summed E-state index contributed by atoms with van der Waals surface area (Å²) in [7, 11) is 0. The number of aromatic hydroxyl groups is 1. The van der Waals surface area contributed by atoms with Gasteiger partial charge in [-0.2, -0.15) is 0 Å². The molecule has 0 saturated heterocycles. The van der Waals surface area contributed by atoms with Crippen LogP contribution in [-0.4, -0.2) is 28.7 Å². The van der Waals surface area contributed by atoms with Gasteiger partial charge in [0.25, 0.3) is 0 Å². The highest BCUT2D eigenvalue weighted by molar-refractivity contribution is 7.15. The molecule has 0 aliphatic carbocycles. The molecule has 154 valence electrons. The van der Waals surface area contributed by atoms with E-state index in [1.807, 2.05) is 0 Å². The summed E-state index contributed by atoms with van der Waals surface area (Å²) in [4.78, 5) is 25.2. The minimum absolute atomic E-state index is 0.00881. The molecule has 2 heterocycles. The highest BCUT2D eigenvalue weighted by atomic mass is 32.1. The molecule has 1 aliphatic rings. The Kier molecular flexibility index (Phi) is 5.17. The van der Waals surface area contributed by atoms with Gasteiger partial charge in [-0.05, 0) is 42.3 Å². The summed E-state index contributed by atoms with van der Waals surface area (Å²) in [5.74, 6) is -1.92. The lowest BCUT2D eigenvalue weighted by Gasteiger charge is -2.24. The first-order valence-electron chi connectivity index (χ1n) is 9.30. The molecule has 8 heteroatoms. The second-order valence-corrected chi connectivity index (χ2v) is 7.87. The van der Waals surface area contributed by atoms with Crippen LogP contribution in [0.1, 0.15) is 39.4 Å². The van der Waals surface area contributed by atoms with Gasteiger partial charge in [-0.25, -0.2) is 9.18 Å². The summed E-state index contributed by atoms with van der Waals surface area (Å²) in [6, 6.07) is 10.4. The summed E-state index contributed by atoms with van der Waals surface area (Å²) in [5, 5.41) is 22.6. The number of carboxylic acids is 1. The summed E-state index contributed by atoms with van der Waals surface area (Å²) >= 11 is 1.09. The molecule has 0 bridgehead atoms. The molecule has 0 unspecified atom stereocenters. The third-order valence-corrected chi connectivity index (χ3v) is 6.21. The predicted octanol–water partition coefficient (Wildman–Crippen LogP) is 4.83. The number of phenols is 1. The number of phenolic OH excluding ortho intramolecular Hbond substituents is 1. The van der Waals surface area contributed by atoms with Gasteiger partial charge >= 0.3 is 5.97 Å². The quantitative estimate of drug-likeness (QED) is 0.542. The van der Waals surface area contributed by atoms with E-state index in [1.165, 1.54) is 30.3 Å². The van der Waals surface area contributed by atoms with E-state index in [9.17, 15) is 24.2 Å². The average molecular weight is 427 g/mol. The predicted molar refractivity (Wildman–Crippen MR) is 111 cm³/mol. The van der Waals surface area contributed by atoms with Gasteiger partial charge in [0.05, 0.1) is 12.3 Å². The summed E-state index contributed by atoms with van der Waals surface area (Å²) in [5.41, 5.74) is 2.03. The molecule has 6 nitrogen and oxygen atoms in total. The molecule has 30 heavy (non-hydrogen) atoms. The number of thiophene rings is 1. The van der Waals surface area contributed by atoms with Gasteiger partial charge in [0.1, 0.15) is 10.7 Å². The molecular weight excluding hydrogens is 409 g/mol. The van der Waals surface area contributed by atoms with Crippen molar-refractivity contribution in [3.05, 3.63) is 63.6 Å². The molecule has 2 aromatic carbocycles. The number of rotatable bonds is 5. The Bertz CT molecular complexity index is 1140. The van der Waals surface area contributed by atoms with Crippen molar-refractivity contribution in [2.45, 2.75) is 19.3 Å². The first-order valence-corrected chi connectivity index (χ1v) is 10.1. The van der Waals surface area contributed by atoms with Crippen molar-refractivity contribution in [3.63, 3.8) is 0 Å². The van der Waals surface area contributed by atoms with E-state index in [4.69, 9.17) is 4.74 Å². The molecule has 1 atom stereocenters. The lowest BCUT2D eigenvalue weighted by Crippen LogP contribution is -2.22. The topological polar surface area (TPSA) is 95.9 Å². The average Bonchev–Trinajstić information content (AvgIpc) is 3.09. The van der Waals surface area contributed by atoms with Crippen molar-refractivity contribution < 1.29 is 28.9 Å². The molecule has 1 aromatic heterocycles. The number of halogens is 1. The maximum absolute atomic E-state index is 13.4. The number of aromatic carboxylic acids is 1. The zero-order valence-electron chi connectivity index (χ0n) is 15.9. The third-order valence-electron chi connectivity index (χ3n) is 4.92. The fourth-order valence-electron chi connectivity index (χ4n) is 3.62. The molecule has 1 aliphatic heterocycles. The van der Waals surface area contributed by atoms with E-state index in [2.05, 4.69) is 5.32 Å². The zero-order chi connectivity index (χ0) is 21.4. The Morgan fingerprint density at radius 1 is 1.27 bits per heavy atom. The zero-order valence-corrected chi connectivity index (χ0v) is 16.8. The maximum atomic E-state index is 13.4. The van der Waals surface area contributed by atoms with Crippen molar-refractivity contribution in [2.75, 3.05) is 11.9 Å². The van der Waals surface area contributed by atoms with Crippen molar-refractivity contribution in [1.82, 2.24) is 0 Å². The maximum Gasteiger partial charge on any atom is 0.346 e. The summed E-state index contributed by atoms with van der Waals surface area (Å²) < 4.78 is 18.8. The van der Waals surface area contributed by atoms with Crippen LogP contribution in [-0.2, 0) is 4.79 Å². The van der Waals surface area contributed by atoms with E-state index in [-0.39, 0.29) is 23.0 Å². The van der Waals surface area contributed by atoms with Crippen LogP contribution in [0.4, 0.5) is 10.1 Å². The van der Waals surface area contributed by atoms with Crippen LogP contribution in [0.3, 0.4) is 0 Å². The SMILES string of the molecule is CCOc1cc([C@@H]2CC(=O)Nc3c2sc(C(=O)O)c3-c2ccc(F)cc2)ccc1O. The number of benzene rings is 2. The molecular formula is C22H18FNO5S. The van der Waals surface area contributed by atoms with E-state index in [0.717, 1.165) is 16.9 Å². The van der Waals surface area contributed by atoms with Gasteiger partial charge in [0.15, 0.2) is 11.5 Å². The summed E-state index contributed by atoms with van der Waals surface area (Å²) in [6.07, 6.45) is 0.131. The molecule has 3 N–H and O–H groups in total. The normalized spacial score (nSPS) is 15.4. The van der Waals surface area contributed by atoms with Crippen LogP contribution in [0, 0.1) is 5.82 Å². The number of carbonyl (C=O) groups excluding carboxylic acids is 1. The van der Waals surface area contributed by atoms with Gasteiger partial charge in [-0.3, -0.25) is 4.79 Å². The van der Waals surface area contributed by atoms with Crippen LogP contribution in [0.5, 0.6) is 11.5 Å². The van der Waals surface area contributed by atoms with Crippen LogP contribution in [0.2, 0.25) is 0 Å². The molecule has 0 fully saturated rings. The van der Waals surface area contributed by atoms with Crippen molar-refractivity contribution in [3.8, 4) is 22.6 Å². The van der Waals surface area contributed by atoms with Crippen molar-refractivity contribution in [1.29, 1.82) is 0 Å². The Labute approximate surface area is 175 Å². The number of hydrogen-bond acceptors (Lipinski definition) is 5. The van der Waals surface area contributed by atoms with Crippen LogP contribution in [0.25, 0.3) is 11.1 Å². The molecule has 0 spiro atoms. The number of hydrogen-bond donors (Lipinski definition) is 3. The number of fused-ring (bicyclic) bond motifs is 1. The fourth-order valence-corrected chi connectivity index (χ4v) is 4.86. The van der Waals surface area contributed by atoms with Crippen molar-refractivity contribution in [2.24, 2.45) is 0 Å². The smallest absolute Gasteiger partial charge is 0.346 e. The van der Waals surface area contributed by atoms with Crippen LogP contribution >= 0.6 is 11.3 Å². The Hall–Kier alpha value is -3.39. The minimum Gasteiger partial charge on any atom is -0.504 e. The summed E-state index contributed by atoms with van der Waals surface area (Å²) in [6.45, 7) is 2.16. The molecule has 0 saturated carbocycles. The van der Waals surface area contributed by atoms with Crippen LogP contribution < -0.4 is 10.1 Å². The second-order valence-electron chi connectivity index (χ2n) is 6.82. The highest BCUT2D eigenvalue weighted by Gasteiger charge is 2.34. The first kappa shape index (κ1) is 19.9. The van der Waals surface area contributed by atoms with Gasteiger partial charge in [-0.15, -0.1) is 11.3 Å². The Balaban J connectivity index is 1.89. The second kappa shape index (κ2) is 7.79. The van der Waals surface area contributed by atoms with Gasteiger partial charge in [0.2, 0.25) is 5.91 Å². The van der Waals surface area contributed by atoms with Crippen molar-refractivity contribution >= 4 is 28.9 Å². The fraction of sp³-hybridized carbons (Fsp3) is 0.182. The number of carbonyl (C=O) groups is 2. The number of nitrogens with one attached hydrogen (secondary N) is 1. The largest absolute Gasteiger partial charge is 0.504 e. The lowest BCUT2D eigenvalue weighted by molar-refractivity contribution is -0.116. The number of anilines is 1. The van der Waals surface area contributed by atoms with E-state index in [0.29, 0.717) is 34.0 Å². The van der Waals surface area contributed by atoms with Gasteiger partial charge < -0.3 is 20.3 Å². The van der Waals surface area contributed by atoms with E-state index >= 15 is 0 Å². The van der Waals surface area contributed by atoms with Crippen LogP contribution in [0.15, 0.2) is 42.5 Å². The van der Waals surface area contributed by atoms with Gasteiger partial charge in [-0.1, -0.05) is 18.2 Å². The molecule has 0 radical (unpaired) electrons. The lowest BCUT2D eigenvalue weighted by atomic mass is 9.88. The molecule has 3 aromatic rings. The monoisotopic (exact) mass is 427 g/mol. The first-order chi connectivity index (χ1) is 14.4. The van der Waals surface area contributed by atoms with E-state index < -0.39 is 17.7 Å². The Morgan fingerprint density at radius 2 is 2.00 bits per heavy atom. The van der Waals surface area contributed by atoms with Gasteiger partial charge in [0, 0.05) is 22.8 Å². The third kappa shape index (κ3) is 3.50. The standard InChI is InChI=1S/C22H18FNO5S/c1-2-29-16-9-12(5-8-15(16)25)14-10-17(26)24-19-18(11-3-6-13(23)7-4-11)21(22(27)28)30-20(14)19/h3-9,14,25H,2,10H2,1H3,(H,24,26)(H,27,28)/t14-/m0/s1. The Morgan fingerprint density at radius 3 is 2.67 bits per heavy atom. The number of amides is 1. The highest BCUT2D eigenvalue weighted by Crippen LogP contribution is 2.50. The number of carboxylic acid groups (broad SMARTS) is 1. The van der Waals surface area contributed by atoms with E-state index in [1.54, 1.807) is 19.1 Å².